The monoisotopic (exact) mass is 440 g/mol. The quantitative estimate of drug-likeness (QED) is 0.418. The van der Waals surface area contributed by atoms with Crippen molar-refractivity contribution in [3.05, 3.63) is 30.4 Å². The van der Waals surface area contributed by atoms with Crippen LogP contribution in [0.3, 0.4) is 0 Å². The van der Waals surface area contributed by atoms with E-state index in [9.17, 15) is 18.0 Å². The number of benzene rings is 1. The Morgan fingerprint density at radius 1 is 1.23 bits per heavy atom. The maximum Gasteiger partial charge on any atom is 0.328 e. The fourth-order valence-electron chi connectivity index (χ4n) is 2.69. The van der Waals surface area contributed by atoms with E-state index in [1.807, 2.05) is 0 Å². The summed E-state index contributed by atoms with van der Waals surface area (Å²) in [6, 6.07) is 3.56. The van der Waals surface area contributed by atoms with Crippen molar-refractivity contribution in [1.82, 2.24) is 10.0 Å². The van der Waals surface area contributed by atoms with Crippen LogP contribution in [-0.2, 0) is 24.3 Å². The van der Waals surface area contributed by atoms with Crippen molar-refractivity contribution >= 4 is 21.9 Å². The minimum atomic E-state index is -3.84. The van der Waals surface area contributed by atoms with E-state index in [4.69, 9.17) is 14.2 Å². The third-order valence-electron chi connectivity index (χ3n) is 4.19. The highest BCUT2D eigenvalue weighted by Crippen LogP contribution is 2.31. The number of nitrogens with one attached hydrogen (secondary N) is 2. The van der Waals surface area contributed by atoms with Crippen LogP contribution in [0.5, 0.6) is 11.5 Å². The second kappa shape index (κ2) is 11.6. The van der Waals surface area contributed by atoms with Gasteiger partial charge in [-0.1, -0.05) is 12.2 Å². The molecule has 1 atom stereocenters. The maximum absolute atomic E-state index is 12.5. The van der Waals surface area contributed by atoms with E-state index >= 15 is 0 Å². The molecular formula is C20H28N2O7S. The van der Waals surface area contributed by atoms with Gasteiger partial charge in [-0.15, -0.1) is 0 Å². The Labute approximate surface area is 176 Å². The average molecular weight is 441 g/mol. The van der Waals surface area contributed by atoms with Gasteiger partial charge in [-0.05, 0) is 32.4 Å². The second-order valence-electron chi connectivity index (χ2n) is 6.48. The van der Waals surface area contributed by atoms with Gasteiger partial charge in [-0.25, -0.2) is 17.9 Å². The SMILES string of the molecule is C/C=C/CC(NC(=O)CCNS(=O)(=O)c1ccc2c(c1)OCCCO2)C(=O)OCC. The summed E-state index contributed by atoms with van der Waals surface area (Å²) >= 11 is 0. The molecule has 30 heavy (non-hydrogen) atoms. The van der Waals surface area contributed by atoms with Gasteiger partial charge in [0.2, 0.25) is 15.9 Å². The Balaban J connectivity index is 1.92. The van der Waals surface area contributed by atoms with Crippen LogP contribution < -0.4 is 19.5 Å². The van der Waals surface area contributed by atoms with Crippen LogP contribution in [0, 0.1) is 0 Å². The number of amides is 1. The molecule has 0 radical (unpaired) electrons. The summed E-state index contributed by atoms with van der Waals surface area (Å²) in [5.74, 6) is -0.123. The van der Waals surface area contributed by atoms with E-state index < -0.39 is 27.9 Å². The molecule has 1 aliphatic rings. The zero-order valence-electron chi connectivity index (χ0n) is 17.2. The minimum absolute atomic E-state index is 0.0182. The molecule has 1 aromatic carbocycles. The predicted molar refractivity (Wildman–Crippen MR) is 110 cm³/mol. The third-order valence-corrected chi connectivity index (χ3v) is 5.65. The number of rotatable bonds is 10. The molecule has 0 fully saturated rings. The first-order valence-electron chi connectivity index (χ1n) is 9.84. The number of fused-ring (bicyclic) bond motifs is 1. The molecule has 1 amide bonds. The summed E-state index contributed by atoms with van der Waals surface area (Å²) in [6.07, 6.45) is 4.39. The fraction of sp³-hybridized carbons (Fsp3) is 0.500. The fourth-order valence-corrected chi connectivity index (χ4v) is 3.74. The van der Waals surface area contributed by atoms with E-state index in [0.717, 1.165) is 0 Å². The molecule has 2 rings (SSSR count). The van der Waals surface area contributed by atoms with Gasteiger partial charge in [-0.3, -0.25) is 4.79 Å². The normalized spacial score (nSPS) is 14.7. The molecule has 1 aromatic rings. The number of hydrogen-bond acceptors (Lipinski definition) is 7. The van der Waals surface area contributed by atoms with Gasteiger partial charge in [0.15, 0.2) is 11.5 Å². The number of esters is 1. The molecule has 0 saturated heterocycles. The highest BCUT2D eigenvalue weighted by atomic mass is 32.2. The standard InChI is InChI=1S/C20H28N2O7S/c1-3-5-7-16(20(24)27-4-2)22-19(23)10-11-21-30(25,26)15-8-9-17-18(14-15)29-13-6-12-28-17/h3,5,8-9,14,16,21H,4,6-7,10-13H2,1-2H3,(H,22,23)/b5-3+. The van der Waals surface area contributed by atoms with E-state index in [-0.39, 0.29) is 24.5 Å². The van der Waals surface area contributed by atoms with Crippen LogP contribution in [0.15, 0.2) is 35.2 Å². The van der Waals surface area contributed by atoms with Gasteiger partial charge in [0.25, 0.3) is 0 Å². The Morgan fingerprint density at radius 2 is 1.97 bits per heavy atom. The van der Waals surface area contributed by atoms with Crippen molar-refractivity contribution < 1.29 is 32.2 Å². The molecule has 1 unspecified atom stereocenters. The lowest BCUT2D eigenvalue weighted by Gasteiger charge is -2.16. The molecule has 10 heteroatoms. The molecule has 166 valence electrons. The predicted octanol–water partition coefficient (Wildman–Crippen LogP) is 1.53. The zero-order chi connectivity index (χ0) is 22.0. The largest absolute Gasteiger partial charge is 0.490 e. The van der Waals surface area contributed by atoms with E-state index in [1.165, 1.54) is 12.1 Å². The molecule has 0 spiro atoms. The Bertz CT molecular complexity index is 868. The molecule has 0 bridgehead atoms. The van der Waals surface area contributed by atoms with E-state index in [2.05, 4.69) is 10.0 Å². The van der Waals surface area contributed by atoms with Crippen LogP contribution in [0.2, 0.25) is 0 Å². The molecule has 2 N–H and O–H groups in total. The summed E-state index contributed by atoms with van der Waals surface area (Å²) in [4.78, 5) is 24.1. The number of allylic oxidation sites excluding steroid dienone is 1. The third kappa shape index (κ3) is 7.03. The lowest BCUT2D eigenvalue weighted by atomic mass is 10.2. The zero-order valence-corrected chi connectivity index (χ0v) is 18.0. The summed E-state index contributed by atoms with van der Waals surface area (Å²) in [5, 5.41) is 2.57. The number of carbonyl (C=O) groups is 2. The lowest BCUT2D eigenvalue weighted by Crippen LogP contribution is -2.42. The van der Waals surface area contributed by atoms with Crippen molar-refractivity contribution in [3.8, 4) is 11.5 Å². The molecule has 1 heterocycles. The average Bonchev–Trinajstić information content (AvgIpc) is 2.96. The van der Waals surface area contributed by atoms with Crippen LogP contribution >= 0.6 is 0 Å². The van der Waals surface area contributed by atoms with E-state index in [1.54, 1.807) is 32.1 Å². The maximum atomic E-state index is 12.5. The molecule has 9 nitrogen and oxygen atoms in total. The lowest BCUT2D eigenvalue weighted by molar-refractivity contribution is -0.147. The molecule has 0 aromatic heterocycles. The van der Waals surface area contributed by atoms with Crippen molar-refractivity contribution in [2.45, 2.75) is 44.0 Å². The Hall–Kier alpha value is -2.59. The number of hydrogen-bond donors (Lipinski definition) is 2. The number of carbonyl (C=O) groups excluding carboxylic acids is 2. The van der Waals surface area contributed by atoms with Gasteiger partial charge in [0.1, 0.15) is 6.04 Å². The van der Waals surface area contributed by atoms with Crippen molar-refractivity contribution in [2.24, 2.45) is 0 Å². The van der Waals surface area contributed by atoms with Crippen LogP contribution in [0.4, 0.5) is 0 Å². The van der Waals surface area contributed by atoms with Gasteiger partial charge in [0, 0.05) is 25.5 Å². The Morgan fingerprint density at radius 3 is 2.67 bits per heavy atom. The number of ether oxygens (including phenoxy) is 3. The first-order valence-corrected chi connectivity index (χ1v) is 11.3. The van der Waals surface area contributed by atoms with Gasteiger partial charge in [0.05, 0.1) is 24.7 Å². The summed E-state index contributed by atoms with van der Waals surface area (Å²) in [7, 11) is -3.84. The topological polar surface area (TPSA) is 120 Å². The van der Waals surface area contributed by atoms with Gasteiger partial charge in [-0.2, -0.15) is 0 Å². The van der Waals surface area contributed by atoms with Gasteiger partial charge >= 0.3 is 5.97 Å². The summed E-state index contributed by atoms with van der Waals surface area (Å²) in [6.45, 7) is 4.52. The summed E-state index contributed by atoms with van der Waals surface area (Å²) < 4.78 is 43.4. The van der Waals surface area contributed by atoms with Crippen LogP contribution in [0.1, 0.15) is 33.1 Å². The molecule has 0 saturated carbocycles. The van der Waals surface area contributed by atoms with Crippen molar-refractivity contribution in [2.75, 3.05) is 26.4 Å². The van der Waals surface area contributed by atoms with Gasteiger partial charge < -0.3 is 19.5 Å². The Kier molecular flexibility index (Phi) is 9.13. The van der Waals surface area contributed by atoms with Crippen LogP contribution in [0.25, 0.3) is 0 Å². The number of sulfonamides is 1. The first-order chi connectivity index (χ1) is 14.4. The molecule has 1 aliphatic heterocycles. The smallest absolute Gasteiger partial charge is 0.328 e. The van der Waals surface area contributed by atoms with E-state index in [0.29, 0.717) is 37.6 Å². The summed E-state index contributed by atoms with van der Waals surface area (Å²) in [5.41, 5.74) is 0. The minimum Gasteiger partial charge on any atom is -0.490 e. The highest BCUT2D eigenvalue weighted by Gasteiger charge is 2.22. The van der Waals surface area contributed by atoms with Crippen molar-refractivity contribution in [1.29, 1.82) is 0 Å². The second-order valence-corrected chi connectivity index (χ2v) is 8.25. The highest BCUT2D eigenvalue weighted by molar-refractivity contribution is 7.89. The van der Waals surface area contributed by atoms with Crippen molar-refractivity contribution in [3.63, 3.8) is 0 Å². The first kappa shape index (κ1) is 23.7. The molecule has 0 aliphatic carbocycles. The molecular weight excluding hydrogens is 412 g/mol. The van der Waals surface area contributed by atoms with Crippen LogP contribution in [-0.4, -0.2) is 52.7 Å².